The van der Waals surface area contributed by atoms with Gasteiger partial charge in [0.05, 0.1) is 6.54 Å². The van der Waals surface area contributed by atoms with E-state index in [0.717, 1.165) is 57.2 Å². The largest absolute Gasteiger partial charge is 0.345 e. The molecule has 1 aromatic heterocycles. The zero-order chi connectivity index (χ0) is 24.9. The van der Waals surface area contributed by atoms with Gasteiger partial charge in [-0.1, -0.05) is 49.6 Å². The fourth-order valence-corrected chi connectivity index (χ4v) is 5.26. The molecular formula is C30H34FN3O2. The third kappa shape index (κ3) is 5.86. The van der Waals surface area contributed by atoms with Crippen LogP contribution in [0.3, 0.4) is 0 Å². The highest BCUT2D eigenvalue weighted by Crippen LogP contribution is 2.30. The molecule has 0 saturated heterocycles. The molecule has 6 heteroatoms. The van der Waals surface area contributed by atoms with Gasteiger partial charge in [0.1, 0.15) is 12.4 Å². The number of benzene rings is 2. The van der Waals surface area contributed by atoms with Crippen LogP contribution in [-0.4, -0.2) is 44.8 Å². The van der Waals surface area contributed by atoms with Gasteiger partial charge in [-0.25, -0.2) is 4.39 Å². The van der Waals surface area contributed by atoms with Crippen molar-refractivity contribution in [2.24, 2.45) is 0 Å². The zero-order valence-electron chi connectivity index (χ0n) is 20.7. The van der Waals surface area contributed by atoms with Gasteiger partial charge >= 0.3 is 0 Å². The first-order chi connectivity index (χ1) is 17.6. The van der Waals surface area contributed by atoms with Gasteiger partial charge in [-0.3, -0.25) is 9.59 Å². The minimum atomic E-state index is -0.370. The number of halogens is 1. The lowest BCUT2D eigenvalue weighted by Crippen LogP contribution is -2.48. The Morgan fingerprint density at radius 1 is 0.806 bits per heavy atom. The van der Waals surface area contributed by atoms with E-state index in [4.69, 9.17) is 0 Å². The summed E-state index contributed by atoms with van der Waals surface area (Å²) in [6, 6.07) is 20.3. The smallest absolute Gasteiger partial charge is 0.254 e. The minimum Gasteiger partial charge on any atom is -0.345 e. The fourth-order valence-electron chi connectivity index (χ4n) is 5.26. The van der Waals surface area contributed by atoms with Crippen LogP contribution >= 0.6 is 0 Å². The Balaban J connectivity index is 1.33. The van der Waals surface area contributed by atoms with E-state index in [0.29, 0.717) is 12.1 Å². The highest BCUT2D eigenvalue weighted by atomic mass is 19.1. The van der Waals surface area contributed by atoms with Crippen molar-refractivity contribution in [3.05, 3.63) is 95.6 Å². The highest BCUT2D eigenvalue weighted by Gasteiger charge is 2.36. The Labute approximate surface area is 212 Å². The maximum Gasteiger partial charge on any atom is 0.254 e. The summed E-state index contributed by atoms with van der Waals surface area (Å²) in [6.07, 6.45) is 9.16. The van der Waals surface area contributed by atoms with E-state index >= 15 is 0 Å². The molecule has 2 saturated carbocycles. The molecule has 0 N–H and O–H groups in total. The van der Waals surface area contributed by atoms with Crippen molar-refractivity contribution in [1.29, 1.82) is 0 Å². The van der Waals surface area contributed by atoms with Crippen LogP contribution in [0.15, 0.2) is 72.9 Å². The number of aromatic nitrogens is 1. The van der Waals surface area contributed by atoms with Gasteiger partial charge in [0.15, 0.2) is 0 Å². The standard InChI is InChI=1S/C30H34FN3O2/c31-25-15-13-24(14-16-25)30(36)34(26-10-5-2-6-11-26)22-29(35)33(27-17-18-27)21-28-12-7-19-32(28)20-23-8-3-1-4-9-23/h1,3-4,7-9,12-16,19,26-27H,2,5-6,10-11,17-18,20-22H2. The summed E-state index contributed by atoms with van der Waals surface area (Å²) >= 11 is 0. The van der Waals surface area contributed by atoms with Crippen molar-refractivity contribution in [2.45, 2.75) is 70.1 Å². The second kappa shape index (κ2) is 11.1. The molecule has 3 aromatic rings. The van der Waals surface area contributed by atoms with Crippen LogP contribution in [0.25, 0.3) is 0 Å². The van der Waals surface area contributed by atoms with E-state index in [1.807, 2.05) is 29.2 Å². The first-order valence-corrected chi connectivity index (χ1v) is 13.1. The molecule has 188 valence electrons. The van der Waals surface area contributed by atoms with E-state index in [2.05, 4.69) is 29.0 Å². The average molecular weight is 488 g/mol. The lowest BCUT2D eigenvalue weighted by atomic mass is 9.93. The maximum absolute atomic E-state index is 13.7. The Hall–Kier alpha value is -3.41. The molecule has 0 radical (unpaired) electrons. The molecule has 1 heterocycles. The fraction of sp³-hybridized carbons (Fsp3) is 0.400. The molecule has 2 aromatic carbocycles. The second-order valence-electron chi connectivity index (χ2n) is 10.1. The van der Waals surface area contributed by atoms with Crippen LogP contribution in [0.5, 0.6) is 0 Å². The third-order valence-corrected chi connectivity index (χ3v) is 7.43. The van der Waals surface area contributed by atoms with Crippen molar-refractivity contribution in [3.63, 3.8) is 0 Å². The van der Waals surface area contributed by atoms with E-state index < -0.39 is 0 Å². The maximum atomic E-state index is 13.7. The normalized spacial score (nSPS) is 16.0. The molecule has 0 spiro atoms. The van der Waals surface area contributed by atoms with E-state index in [1.165, 1.54) is 29.8 Å². The van der Waals surface area contributed by atoms with Crippen molar-refractivity contribution in [2.75, 3.05) is 6.54 Å². The van der Waals surface area contributed by atoms with E-state index in [1.54, 1.807) is 4.90 Å². The lowest BCUT2D eigenvalue weighted by molar-refractivity contribution is -0.133. The molecule has 2 aliphatic carbocycles. The van der Waals surface area contributed by atoms with Crippen molar-refractivity contribution < 1.29 is 14.0 Å². The monoisotopic (exact) mass is 487 g/mol. The Morgan fingerprint density at radius 2 is 1.50 bits per heavy atom. The molecule has 0 bridgehead atoms. The summed E-state index contributed by atoms with van der Waals surface area (Å²) in [7, 11) is 0. The first kappa shape index (κ1) is 24.3. The van der Waals surface area contributed by atoms with Gasteiger partial charge in [-0.2, -0.15) is 0 Å². The van der Waals surface area contributed by atoms with Crippen LogP contribution in [0, 0.1) is 5.82 Å². The van der Waals surface area contributed by atoms with E-state index in [-0.39, 0.29) is 36.3 Å². The Kier molecular flexibility index (Phi) is 7.49. The SMILES string of the molecule is O=C(CN(C(=O)c1ccc(F)cc1)C1CCCCC1)N(Cc1cccn1Cc1ccccc1)C1CC1. The Bertz CT molecular complexity index is 1160. The van der Waals surface area contributed by atoms with E-state index in [9.17, 15) is 14.0 Å². The third-order valence-electron chi connectivity index (χ3n) is 7.43. The summed E-state index contributed by atoms with van der Waals surface area (Å²) in [4.78, 5) is 30.9. The van der Waals surface area contributed by atoms with Gasteiger partial charge in [-0.05, 0) is 67.6 Å². The number of carbonyl (C=O) groups excluding carboxylic acids is 2. The summed E-state index contributed by atoms with van der Waals surface area (Å²) < 4.78 is 15.7. The Morgan fingerprint density at radius 3 is 2.19 bits per heavy atom. The topological polar surface area (TPSA) is 45.6 Å². The van der Waals surface area contributed by atoms with Gasteiger partial charge in [-0.15, -0.1) is 0 Å². The van der Waals surface area contributed by atoms with Crippen LogP contribution in [0.2, 0.25) is 0 Å². The van der Waals surface area contributed by atoms with Crippen LogP contribution in [0.1, 0.15) is 66.6 Å². The molecule has 0 unspecified atom stereocenters. The van der Waals surface area contributed by atoms with Crippen LogP contribution < -0.4 is 0 Å². The molecule has 2 aliphatic rings. The summed E-state index contributed by atoms with van der Waals surface area (Å²) in [5, 5.41) is 0. The van der Waals surface area contributed by atoms with Gasteiger partial charge in [0.2, 0.25) is 5.91 Å². The number of amides is 2. The molecule has 5 rings (SSSR count). The summed E-state index contributed by atoms with van der Waals surface area (Å²) in [5.41, 5.74) is 2.74. The summed E-state index contributed by atoms with van der Waals surface area (Å²) in [5.74, 6) is -0.560. The molecule has 36 heavy (non-hydrogen) atoms. The van der Waals surface area contributed by atoms with Crippen molar-refractivity contribution >= 4 is 11.8 Å². The average Bonchev–Trinajstić information content (AvgIpc) is 3.66. The molecule has 5 nitrogen and oxygen atoms in total. The molecule has 2 amide bonds. The first-order valence-electron chi connectivity index (χ1n) is 13.1. The summed E-state index contributed by atoms with van der Waals surface area (Å²) in [6.45, 7) is 1.36. The molecular weight excluding hydrogens is 453 g/mol. The number of hydrogen-bond donors (Lipinski definition) is 0. The van der Waals surface area contributed by atoms with Crippen LogP contribution in [0.4, 0.5) is 4.39 Å². The molecule has 2 fully saturated rings. The predicted molar refractivity (Wildman–Crippen MR) is 138 cm³/mol. The molecule has 0 aliphatic heterocycles. The highest BCUT2D eigenvalue weighted by molar-refractivity contribution is 5.96. The number of nitrogens with zero attached hydrogens (tertiary/aromatic N) is 3. The number of carbonyl (C=O) groups is 2. The van der Waals surface area contributed by atoms with Crippen molar-refractivity contribution in [1.82, 2.24) is 14.4 Å². The lowest BCUT2D eigenvalue weighted by Gasteiger charge is -2.35. The number of hydrogen-bond acceptors (Lipinski definition) is 2. The molecule has 0 atom stereocenters. The second-order valence-corrected chi connectivity index (χ2v) is 10.1. The van der Waals surface area contributed by atoms with Gasteiger partial charge in [0, 0.05) is 36.1 Å². The minimum absolute atomic E-state index is 0.00834. The van der Waals surface area contributed by atoms with Crippen molar-refractivity contribution in [3.8, 4) is 0 Å². The van der Waals surface area contributed by atoms with Gasteiger partial charge in [0.25, 0.3) is 5.91 Å². The van der Waals surface area contributed by atoms with Gasteiger partial charge < -0.3 is 14.4 Å². The predicted octanol–water partition coefficient (Wildman–Crippen LogP) is 5.64. The number of rotatable bonds is 9. The zero-order valence-corrected chi connectivity index (χ0v) is 20.7. The quantitative estimate of drug-likeness (QED) is 0.392. The van der Waals surface area contributed by atoms with Crippen LogP contribution in [-0.2, 0) is 17.9 Å².